The van der Waals surface area contributed by atoms with Gasteiger partial charge in [0.1, 0.15) is 5.75 Å². The molecule has 8 heteroatoms. The molecule has 1 heterocycles. The fourth-order valence-corrected chi connectivity index (χ4v) is 2.97. The minimum atomic E-state index is -0.304. The lowest BCUT2D eigenvalue weighted by molar-refractivity contribution is 0.250. The van der Waals surface area contributed by atoms with Gasteiger partial charge in [-0.15, -0.1) is 5.10 Å². The molecule has 24 heavy (non-hydrogen) atoms. The number of nitrogens with one attached hydrogen (secondary N) is 2. The van der Waals surface area contributed by atoms with Crippen molar-refractivity contribution in [3.63, 3.8) is 0 Å². The van der Waals surface area contributed by atoms with Crippen LogP contribution >= 0.6 is 0 Å². The van der Waals surface area contributed by atoms with E-state index >= 15 is 0 Å². The number of aromatic nitrogens is 4. The molecule has 1 saturated carbocycles. The smallest absolute Gasteiger partial charge is 0.319 e. The van der Waals surface area contributed by atoms with Gasteiger partial charge in [-0.2, -0.15) is 0 Å². The standard InChI is InChI=1S/C16H22N6O2/c1-24-14-9-5-6-12(10-14)18-16(23)17-11-15-19-20-21-22(15)13-7-3-2-4-8-13/h5-6,9-10,13H,2-4,7-8,11H2,1H3,(H2,17,18,23). The Morgan fingerprint density at radius 3 is 2.96 bits per heavy atom. The van der Waals surface area contributed by atoms with E-state index in [4.69, 9.17) is 4.74 Å². The first-order valence-electron chi connectivity index (χ1n) is 8.22. The summed E-state index contributed by atoms with van der Waals surface area (Å²) in [4.78, 5) is 12.1. The molecule has 8 nitrogen and oxygen atoms in total. The Bertz CT molecular complexity index is 681. The number of anilines is 1. The van der Waals surface area contributed by atoms with Gasteiger partial charge in [-0.1, -0.05) is 25.3 Å². The van der Waals surface area contributed by atoms with E-state index in [0.29, 0.717) is 29.8 Å². The lowest BCUT2D eigenvalue weighted by Crippen LogP contribution is -2.30. The summed E-state index contributed by atoms with van der Waals surface area (Å²) in [6, 6.07) is 7.23. The van der Waals surface area contributed by atoms with Crippen LogP contribution in [0.5, 0.6) is 5.75 Å². The highest BCUT2D eigenvalue weighted by Gasteiger charge is 2.20. The molecule has 0 unspecified atom stereocenters. The average molecular weight is 330 g/mol. The number of methoxy groups -OCH3 is 1. The Morgan fingerprint density at radius 2 is 2.17 bits per heavy atom. The summed E-state index contributed by atoms with van der Waals surface area (Å²) in [7, 11) is 1.59. The van der Waals surface area contributed by atoms with Gasteiger partial charge in [-0.05, 0) is 35.4 Å². The maximum Gasteiger partial charge on any atom is 0.319 e. The molecule has 1 aromatic heterocycles. The number of urea groups is 1. The number of amides is 2. The van der Waals surface area contributed by atoms with Crippen molar-refractivity contribution < 1.29 is 9.53 Å². The Hall–Kier alpha value is -2.64. The van der Waals surface area contributed by atoms with Crippen molar-refractivity contribution in [1.82, 2.24) is 25.5 Å². The Morgan fingerprint density at radius 1 is 1.33 bits per heavy atom. The van der Waals surface area contributed by atoms with Crippen molar-refractivity contribution in [1.29, 1.82) is 0 Å². The maximum absolute atomic E-state index is 12.1. The molecule has 0 radical (unpaired) electrons. The molecule has 3 rings (SSSR count). The molecule has 1 aliphatic carbocycles. The second kappa shape index (κ2) is 7.76. The van der Waals surface area contributed by atoms with Crippen molar-refractivity contribution in [2.75, 3.05) is 12.4 Å². The van der Waals surface area contributed by atoms with E-state index in [-0.39, 0.29) is 6.03 Å². The van der Waals surface area contributed by atoms with Gasteiger partial charge in [0, 0.05) is 11.8 Å². The molecule has 128 valence electrons. The van der Waals surface area contributed by atoms with Crippen LogP contribution in [-0.2, 0) is 6.54 Å². The van der Waals surface area contributed by atoms with Gasteiger partial charge in [0.15, 0.2) is 5.82 Å². The quantitative estimate of drug-likeness (QED) is 0.878. The van der Waals surface area contributed by atoms with Crippen molar-refractivity contribution in [3.05, 3.63) is 30.1 Å². The lowest BCUT2D eigenvalue weighted by Gasteiger charge is -2.22. The number of ether oxygens (including phenoxy) is 1. The van der Waals surface area contributed by atoms with Gasteiger partial charge in [0.05, 0.1) is 19.7 Å². The van der Waals surface area contributed by atoms with Crippen molar-refractivity contribution in [2.24, 2.45) is 0 Å². The molecule has 1 aromatic carbocycles. The molecular weight excluding hydrogens is 308 g/mol. The molecule has 0 spiro atoms. The summed E-state index contributed by atoms with van der Waals surface area (Å²) in [5, 5.41) is 17.5. The largest absolute Gasteiger partial charge is 0.497 e. The normalized spacial score (nSPS) is 15.0. The van der Waals surface area contributed by atoms with Crippen LogP contribution in [0.25, 0.3) is 0 Å². The van der Waals surface area contributed by atoms with Crippen LogP contribution in [0.15, 0.2) is 24.3 Å². The molecule has 1 aliphatic rings. The molecule has 1 fully saturated rings. The number of carbonyl (C=O) groups excluding carboxylic acids is 1. The average Bonchev–Trinajstić information content (AvgIpc) is 3.09. The van der Waals surface area contributed by atoms with Crippen molar-refractivity contribution >= 4 is 11.7 Å². The number of carbonyl (C=O) groups is 1. The zero-order chi connectivity index (χ0) is 16.8. The van der Waals surface area contributed by atoms with Crippen LogP contribution in [-0.4, -0.2) is 33.3 Å². The van der Waals surface area contributed by atoms with E-state index in [1.165, 1.54) is 19.3 Å². The van der Waals surface area contributed by atoms with Crippen molar-refractivity contribution in [3.8, 4) is 5.75 Å². The summed E-state index contributed by atoms with van der Waals surface area (Å²) in [6.45, 7) is 0.291. The van der Waals surface area contributed by atoms with Gasteiger partial charge in [-0.3, -0.25) is 0 Å². The van der Waals surface area contributed by atoms with E-state index < -0.39 is 0 Å². The monoisotopic (exact) mass is 330 g/mol. The fourth-order valence-electron chi connectivity index (χ4n) is 2.97. The first kappa shape index (κ1) is 16.2. The zero-order valence-corrected chi connectivity index (χ0v) is 13.7. The van der Waals surface area contributed by atoms with E-state index in [0.717, 1.165) is 12.8 Å². The number of rotatable bonds is 5. The summed E-state index contributed by atoms with van der Waals surface area (Å²) < 4.78 is 6.99. The van der Waals surface area contributed by atoms with Gasteiger partial charge < -0.3 is 15.4 Å². The van der Waals surface area contributed by atoms with Gasteiger partial charge >= 0.3 is 6.03 Å². The summed E-state index contributed by atoms with van der Waals surface area (Å²) >= 11 is 0. The fraction of sp³-hybridized carbons (Fsp3) is 0.500. The third-order valence-corrected chi connectivity index (χ3v) is 4.22. The minimum absolute atomic E-state index is 0.291. The third kappa shape index (κ3) is 4.01. The summed E-state index contributed by atoms with van der Waals surface area (Å²) in [5.74, 6) is 1.37. The van der Waals surface area contributed by atoms with E-state index in [2.05, 4.69) is 26.2 Å². The summed E-state index contributed by atoms with van der Waals surface area (Å²) in [5.41, 5.74) is 0.665. The van der Waals surface area contributed by atoms with Crippen LogP contribution in [0, 0.1) is 0 Å². The predicted molar refractivity (Wildman–Crippen MR) is 88.8 cm³/mol. The summed E-state index contributed by atoms with van der Waals surface area (Å²) in [6.07, 6.45) is 5.86. The molecule has 2 aromatic rings. The highest BCUT2D eigenvalue weighted by molar-refractivity contribution is 5.89. The SMILES string of the molecule is COc1cccc(NC(=O)NCc2nnnn2C2CCCCC2)c1. The molecule has 2 N–H and O–H groups in total. The number of tetrazole rings is 1. The Labute approximate surface area is 140 Å². The van der Waals surface area contributed by atoms with Crippen LogP contribution in [0.2, 0.25) is 0 Å². The lowest BCUT2D eigenvalue weighted by atomic mass is 9.96. The second-order valence-corrected chi connectivity index (χ2v) is 5.87. The van der Waals surface area contributed by atoms with Crippen LogP contribution in [0.3, 0.4) is 0 Å². The first-order chi connectivity index (χ1) is 11.8. The van der Waals surface area contributed by atoms with Gasteiger partial charge in [0.2, 0.25) is 0 Å². The Kier molecular flexibility index (Phi) is 5.25. The highest BCUT2D eigenvalue weighted by Crippen LogP contribution is 2.27. The molecular formula is C16H22N6O2. The van der Waals surface area contributed by atoms with Gasteiger partial charge in [0.25, 0.3) is 0 Å². The number of benzene rings is 1. The van der Waals surface area contributed by atoms with E-state index in [1.54, 1.807) is 19.2 Å². The van der Waals surface area contributed by atoms with E-state index in [1.807, 2.05) is 16.8 Å². The topological polar surface area (TPSA) is 94.0 Å². The Balaban J connectivity index is 1.55. The molecule has 0 bridgehead atoms. The number of nitrogens with zero attached hydrogens (tertiary/aromatic N) is 4. The zero-order valence-electron chi connectivity index (χ0n) is 13.7. The van der Waals surface area contributed by atoms with E-state index in [9.17, 15) is 4.79 Å². The minimum Gasteiger partial charge on any atom is -0.497 e. The van der Waals surface area contributed by atoms with Crippen LogP contribution in [0.4, 0.5) is 10.5 Å². The highest BCUT2D eigenvalue weighted by atomic mass is 16.5. The van der Waals surface area contributed by atoms with Gasteiger partial charge in [-0.25, -0.2) is 9.48 Å². The first-order valence-corrected chi connectivity index (χ1v) is 8.22. The van der Waals surface area contributed by atoms with Crippen LogP contribution in [0.1, 0.15) is 44.0 Å². The second-order valence-electron chi connectivity index (χ2n) is 5.87. The van der Waals surface area contributed by atoms with Crippen LogP contribution < -0.4 is 15.4 Å². The number of hydrogen-bond donors (Lipinski definition) is 2. The molecule has 2 amide bonds. The maximum atomic E-state index is 12.1. The molecule has 0 atom stereocenters. The predicted octanol–water partition coefficient (Wildman–Crippen LogP) is 2.51. The molecule has 0 aliphatic heterocycles. The third-order valence-electron chi connectivity index (χ3n) is 4.22. The van der Waals surface area contributed by atoms with Crippen molar-refractivity contribution in [2.45, 2.75) is 44.7 Å². The number of hydrogen-bond acceptors (Lipinski definition) is 5. The molecule has 0 saturated heterocycles.